The molecule has 5 nitrogen and oxygen atoms in total. The van der Waals surface area contributed by atoms with Crippen LogP contribution in [0.3, 0.4) is 0 Å². The predicted octanol–water partition coefficient (Wildman–Crippen LogP) is 4.46. The van der Waals surface area contributed by atoms with Gasteiger partial charge in [0.2, 0.25) is 0 Å². The molecule has 1 aliphatic rings. The van der Waals surface area contributed by atoms with E-state index in [4.69, 9.17) is 11.6 Å². The maximum atomic E-state index is 14.8. The summed E-state index contributed by atoms with van der Waals surface area (Å²) in [5, 5.41) is 4.48. The molecule has 4 rings (SSSR count). The second kappa shape index (κ2) is 7.64. The highest BCUT2D eigenvalue weighted by molar-refractivity contribution is 6.35. The first-order valence-electron chi connectivity index (χ1n) is 9.21. The first kappa shape index (κ1) is 17.9. The molecule has 3 aromatic rings. The lowest BCUT2D eigenvalue weighted by Gasteiger charge is -2.33. The van der Waals surface area contributed by atoms with Crippen molar-refractivity contribution in [1.82, 2.24) is 15.0 Å². The van der Waals surface area contributed by atoms with E-state index in [-0.39, 0.29) is 11.9 Å². The SMILES string of the molecule is CCc1cc(N2CCC(Nc3ccc4c(Cl)ccnc4c3F)CC2)ncn1. The molecule has 0 radical (unpaired) electrons. The normalized spacial score (nSPS) is 15.3. The summed E-state index contributed by atoms with van der Waals surface area (Å²) in [5.74, 6) is 0.622. The van der Waals surface area contributed by atoms with Crippen LogP contribution in [-0.2, 0) is 6.42 Å². The van der Waals surface area contributed by atoms with Crippen LogP contribution in [0.5, 0.6) is 0 Å². The van der Waals surface area contributed by atoms with Gasteiger partial charge in [-0.2, -0.15) is 0 Å². The Bertz CT molecular complexity index is 956. The fourth-order valence-electron chi connectivity index (χ4n) is 3.49. The number of piperidine rings is 1. The molecule has 0 aliphatic carbocycles. The molecule has 140 valence electrons. The van der Waals surface area contributed by atoms with Gasteiger partial charge in [-0.05, 0) is 37.5 Å². The zero-order valence-corrected chi connectivity index (χ0v) is 15.9. The number of aryl methyl sites for hydroxylation is 1. The van der Waals surface area contributed by atoms with Gasteiger partial charge in [0.15, 0.2) is 5.82 Å². The molecule has 27 heavy (non-hydrogen) atoms. The van der Waals surface area contributed by atoms with E-state index in [1.807, 2.05) is 12.1 Å². The zero-order chi connectivity index (χ0) is 18.8. The molecule has 0 amide bonds. The van der Waals surface area contributed by atoms with E-state index >= 15 is 0 Å². The van der Waals surface area contributed by atoms with E-state index in [2.05, 4.69) is 32.1 Å². The van der Waals surface area contributed by atoms with Crippen LogP contribution >= 0.6 is 11.6 Å². The third-order valence-electron chi connectivity index (χ3n) is 5.05. The summed E-state index contributed by atoms with van der Waals surface area (Å²) >= 11 is 6.13. The highest BCUT2D eigenvalue weighted by Gasteiger charge is 2.22. The molecule has 0 bridgehead atoms. The molecule has 2 aromatic heterocycles. The Balaban J connectivity index is 1.45. The van der Waals surface area contributed by atoms with Crippen molar-refractivity contribution < 1.29 is 4.39 Å². The summed E-state index contributed by atoms with van der Waals surface area (Å²) in [4.78, 5) is 15.0. The molecule has 1 saturated heterocycles. The second-order valence-corrected chi connectivity index (χ2v) is 7.15. The molecule has 0 atom stereocenters. The fraction of sp³-hybridized carbons (Fsp3) is 0.350. The van der Waals surface area contributed by atoms with E-state index < -0.39 is 0 Å². The lowest BCUT2D eigenvalue weighted by atomic mass is 10.0. The third kappa shape index (κ3) is 3.67. The minimum Gasteiger partial charge on any atom is -0.380 e. The quantitative estimate of drug-likeness (QED) is 0.718. The van der Waals surface area contributed by atoms with E-state index in [0.717, 1.165) is 43.9 Å². The fourth-order valence-corrected chi connectivity index (χ4v) is 3.70. The Morgan fingerprint density at radius 1 is 1.19 bits per heavy atom. The van der Waals surface area contributed by atoms with Crippen LogP contribution in [0.4, 0.5) is 15.9 Å². The average Bonchev–Trinajstić information content (AvgIpc) is 2.71. The number of nitrogens with one attached hydrogen (secondary N) is 1. The van der Waals surface area contributed by atoms with Crippen LogP contribution < -0.4 is 10.2 Å². The highest BCUT2D eigenvalue weighted by atomic mass is 35.5. The molecule has 1 aromatic carbocycles. The predicted molar refractivity (Wildman–Crippen MR) is 107 cm³/mol. The van der Waals surface area contributed by atoms with Crippen LogP contribution in [0.25, 0.3) is 10.9 Å². The summed E-state index contributed by atoms with van der Waals surface area (Å²) in [5.41, 5.74) is 1.83. The number of pyridine rings is 1. The van der Waals surface area contributed by atoms with Gasteiger partial charge < -0.3 is 10.2 Å². The van der Waals surface area contributed by atoms with Crippen molar-refractivity contribution >= 4 is 34.0 Å². The average molecular weight is 386 g/mol. The van der Waals surface area contributed by atoms with Gasteiger partial charge in [0, 0.05) is 42.5 Å². The highest BCUT2D eigenvalue weighted by Crippen LogP contribution is 2.29. The summed E-state index contributed by atoms with van der Waals surface area (Å²) in [6.45, 7) is 3.83. The zero-order valence-electron chi connectivity index (χ0n) is 15.1. The van der Waals surface area contributed by atoms with E-state index in [1.54, 1.807) is 18.5 Å². The number of hydrogen-bond donors (Lipinski definition) is 1. The van der Waals surface area contributed by atoms with Gasteiger partial charge in [-0.1, -0.05) is 18.5 Å². The number of anilines is 2. The Labute approximate surface area is 162 Å². The smallest absolute Gasteiger partial charge is 0.172 e. The van der Waals surface area contributed by atoms with Crippen LogP contribution in [0.1, 0.15) is 25.5 Å². The molecule has 1 aliphatic heterocycles. The standard InChI is InChI=1S/C20H21ClFN5/c1-2-13-11-18(25-12-24-13)27-9-6-14(7-10-27)26-17-4-3-15-16(21)5-8-23-20(15)19(17)22/h3-5,8,11-12,14,26H,2,6-7,9-10H2,1H3. The summed E-state index contributed by atoms with van der Waals surface area (Å²) < 4.78 is 14.8. The van der Waals surface area contributed by atoms with Crippen LogP contribution in [0, 0.1) is 5.82 Å². The lowest BCUT2D eigenvalue weighted by Crippen LogP contribution is -2.39. The molecular weight excluding hydrogens is 365 g/mol. The Morgan fingerprint density at radius 2 is 2.00 bits per heavy atom. The minimum atomic E-state index is -0.346. The van der Waals surface area contributed by atoms with Gasteiger partial charge in [0.05, 0.1) is 10.7 Å². The van der Waals surface area contributed by atoms with Crippen molar-refractivity contribution in [3.8, 4) is 0 Å². The Morgan fingerprint density at radius 3 is 2.78 bits per heavy atom. The maximum absolute atomic E-state index is 14.8. The number of hydrogen-bond acceptors (Lipinski definition) is 5. The topological polar surface area (TPSA) is 53.9 Å². The van der Waals surface area contributed by atoms with Crippen LogP contribution in [-0.4, -0.2) is 34.1 Å². The van der Waals surface area contributed by atoms with Gasteiger partial charge >= 0.3 is 0 Å². The number of nitrogens with zero attached hydrogens (tertiary/aromatic N) is 4. The first-order valence-corrected chi connectivity index (χ1v) is 9.58. The van der Waals surface area contributed by atoms with E-state index in [1.165, 1.54) is 6.20 Å². The third-order valence-corrected chi connectivity index (χ3v) is 5.38. The number of rotatable bonds is 4. The molecule has 0 unspecified atom stereocenters. The first-order chi connectivity index (χ1) is 13.2. The molecule has 1 fully saturated rings. The summed E-state index contributed by atoms with van der Waals surface area (Å²) in [6.07, 6.45) is 5.87. The van der Waals surface area contributed by atoms with Crippen molar-refractivity contribution in [2.24, 2.45) is 0 Å². The van der Waals surface area contributed by atoms with Gasteiger partial charge in [-0.25, -0.2) is 14.4 Å². The van der Waals surface area contributed by atoms with Crippen LogP contribution in [0.15, 0.2) is 36.8 Å². The van der Waals surface area contributed by atoms with Gasteiger partial charge in [-0.3, -0.25) is 4.98 Å². The van der Waals surface area contributed by atoms with Gasteiger partial charge in [-0.15, -0.1) is 0 Å². The number of aromatic nitrogens is 3. The Kier molecular flexibility index (Phi) is 5.07. The molecule has 3 heterocycles. The van der Waals surface area contributed by atoms with Crippen molar-refractivity contribution in [3.63, 3.8) is 0 Å². The largest absolute Gasteiger partial charge is 0.380 e. The monoisotopic (exact) mass is 385 g/mol. The molecule has 0 saturated carbocycles. The maximum Gasteiger partial charge on any atom is 0.172 e. The van der Waals surface area contributed by atoms with Gasteiger partial charge in [0.25, 0.3) is 0 Å². The molecular formula is C20H21ClFN5. The molecule has 7 heteroatoms. The number of halogens is 2. The summed E-state index contributed by atoms with van der Waals surface area (Å²) in [7, 11) is 0. The van der Waals surface area contributed by atoms with E-state index in [9.17, 15) is 4.39 Å². The van der Waals surface area contributed by atoms with E-state index in [0.29, 0.717) is 21.6 Å². The minimum absolute atomic E-state index is 0.208. The van der Waals surface area contributed by atoms with Crippen molar-refractivity contribution in [1.29, 1.82) is 0 Å². The molecule has 1 N–H and O–H groups in total. The van der Waals surface area contributed by atoms with Crippen LogP contribution in [0.2, 0.25) is 5.02 Å². The van der Waals surface area contributed by atoms with Crippen molar-refractivity contribution in [2.45, 2.75) is 32.2 Å². The van der Waals surface area contributed by atoms with Gasteiger partial charge in [0.1, 0.15) is 17.7 Å². The number of fused-ring (bicyclic) bond motifs is 1. The molecule has 0 spiro atoms. The lowest BCUT2D eigenvalue weighted by molar-refractivity contribution is 0.519. The van der Waals surface area contributed by atoms with Crippen molar-refractivity contribution in [2.75, 3.05) is 23.3 Å². The number of benzene rings is 1. The Hall–Kier alpha value is -2.47. The second-order valence-electron chi connectivity index (χ2n) is 6.74. The van der Waals surface area contributed by atoms with Crippen molar-refractivity contribution in [3.05, 3.63) is 53.3 Å². The summed E-state index contributed by atoms with van der Waals surface area (Å²) in [6, 6.07) is 7.49.